The molecule has 1 N–H and O–H groups in total. The van der Waals surface area contributed by atoms with Gasteiger partial charge < -0.3 is 14.8 Å². The van der Waals surface area contributed by atoms with Crippen LogP contribution >= 0.6 is 11.6 Å². The van der Waals surface area contributed by atoms with Crippen molar-refractivity contribution in [3.63, 3.8) is 0 Å². The summed E-state index contributed by atoms with van der Waals surface area (Å²) in [5, 5.41) is 11.6. The van der Waals surface area contributed by atoms with Gasteiger partial charge in [0.25, 0.3) is 0 Å². The molecule has 0 fully saturated rings. The second kappa shape index (κ2) is 8.83. The Labute approximate surface area is 153 Å². The van der Waals surface area contributed by atoms with Crippen LogP contribution in [0.2, 0.25) is 5.02 Å². The highest BCUT2D eigenvalue weighted by molar-refractivity contribution is 6.32. The van der Waals surface area contributed by atoms with E-state index in [-0.39, 0.29) is 27.6 Å². The molecule has 0 bridgehead atoms. The second-order valence-corrected chi connectivity index (χ2v) is 5.29. The third kappa shape index (κ3) is 4.94. The van der Waals surface area contributed by atoms with Crippen LogP contribution in [0.3, 0.4) is 0 Å². The first-order valence-electron chi connectivity index (χ1n) is 7.25. The Balaban J connectivity index is 2.17. The minimum absolute atomic E-state index is 0.117. The highest BCUT2D eigenvalue weighted by Crippen LogP contribution is 2.33. The van der Waals surface area contributed by atoms with Crippen molar-refractivity contribution >= 4 is 29.3 Å². The van der Waals surface area contributed by atoms with Crippen LogP contribution in [0.15, 0.2) is 42.5 Å². The zero-order valence-corrected chi connectivity index (χ0v) is 14.3. The Morgan fingerprint density at radius 1 is 1.35 bits per heavy atom. The fourth-order valence-electron chi connectivity index (χ4n) is 2.07. The van der Waals surface area contributed by atoms with Crippen molar-refractivity contribution in [1.29, 1.82) is 5.26 Å². The molecule has 1 amide bonds. The van der Waals surface area contributed by atoms with E-state index in [0.29, 0.717) is 5.69 Å². The van der Waals surface area contributed by atoms with Crippen LogP contribution in [0.1, 0.15) is 11.1 Å². The summed E-state index contributed by atoms with van der Waals surface area (Å²) in [7, 11) is 1.32. The maximum absolute atomic E-state index is 12.6. The van der Waals surface area contributed by atoms with E-state index in [1.54, 1.807) is 6.07 Å². The lowest BCUT2D eigenvalue weighted by atomic mass is 10.1. The monoisotopic (exact) mass is 378 g/mol. The van der Waals surface area contributed by atoms with Gasteiger partial charge in [-0.1, -0.05) is 23.7 Å². The fraction of sp³-hybridized carbons (Fsp3) is 0.111. The first-order chi connectivity index (χ1) is 12.4. The van der Waals surface area contributed by atoms with Crippen molar-refractivity contribution in [1.82, 2.24) is 0 Å². The molecule has 0 heterocycles. The Morgan fingerprint density at radius 2 is 2.12 bits per heavy atom. The van der Waals surface area contributed by atoms with Crippen molar-refractivity contribution < 1.29 is 23.0 Å². The van der Waals surface area contributed by atoms with Gasteiger partial charge in [-0.3, -0.25) is 4.79 Å². The average Bonchev–Trinajstić information content (AvgIpc) is 2.60. The number of anilines is 1. The molecule has 0 atom stereocenters. The van der Waals surface area contributed by atoms with Gasteiger partial charge in [-0.25, -0.2) is 0 Å². The van der Waals surface area contributed by atoms with Crippen molar-refractivity contribution in [2.24, 2.45) is 0 Å². The predicted molar refractivity (Wildman–Crippen MR) is 93.5 cm³/mol. The molecule has 0 unspecified atom stereocenters. The smallest absolute Gasteiger partial charge is 0.387 e. The van der Waals surface area contributed by atoms with Crippen LogP contribution in [0.25, 0.3) is 6.08 Å². The number of nitrogens with zero attached hydrogens (tertiary/aromatic N) is 1. The van der Waals surface area contributed by atoms with Crippen molar-refractivity contribution in [2.45, 2.75) is 6.61 Å². The molecular formula is C18H13ClF2N2O3. The zero-order valence-electron chi connectivity index (χ0n) is 13.5. The Morgan fingerprint density at radius 3 is 2.73 bits per heavy atom. The lowest BCUT2D eigenvalue weighted by Gasteiger charge is -2.12. The van der Waals surface area contributed by atoms with Crippen molar-refractivity contribution in [3.8, 4) is 17.6 Å². The molecule has 0 aromatic heterocycles. The molecule has 0 saturated carbocycles. The molecular weight excluding hydrogens is 366 g/mol. The normalized spacial score (nSPS) is 10.6. The number of hydrogen-bond donors (Lipinski definition) is 1. The summed E-state index contributed by atoms with van der Waals surface area (Å²) in [6.45, 7) is -3.03. The summed E-state index contributed by atoms with van der Waals surface area (Å²) in [5.41, 5.74) is 0.918. The number of benzene rings is 2. The van der Waals surface area contributed by atoms with Crippen LogP contribution in [-0.2, 0) is 4.79 Å². The number of carbonyl (C=O) groups is 1. The van der Waals surface area contributed by atoms with Gasteiger partial charge in [0.1, 0.15) is 6.07 Å². The maximum Gasteiger partial charge on any atom is 0.387 e. The van der Waals surface area contributed by atoms with Crippen LogP contribution in [0.5, 0.6) is 11.5 Å². The van der Waals surface area contributed by atoms with E-state index in [2.05, 4.69) is 10.1 Å². The molecule has 0 aliphatic rings. The number of nitrogens with one attached hydrogen (secondary N) is 1. The average molecular weight is 379 g/mol. The standard InChI is InChI=1S/C18H13ClF2N2O3/c1-25-15-4-2-3-11(17(15)26-18(20)21)6-8-16(24)23-13-7-5-12(10-22)14(19)9-13/h2-9,18H,1H3,(H,23,24)/b8-6+. The molecule has 0 radical (unpaired) electrons. The van der Waals surface area contributed by atoms with Gasteiger partial charge in [0.2, 0.25) is 5.91 Å². The van der Waals surface area contributed by atoms with E-state index >= 15 is 0 Å². The van der Waals surface area contributed by atoms with E-state index in [4.69, 9.17) is 21.6 Å². The molecule has 2 aromatic carbocycles. The highest BCUT2D eigenvalue weighted by atomic mass is 35.5. The van der Waals surface area contributed by atoms with Gasteiger partial charge >= 0.3 is 6.61 Å². The first kappa shape index (κ1) is 19.2. The number of para-hydroxylation sites is 1. The SMILES string of the molecule is COc1cccc(/C=C/C(=O)Nc2ccc(C#N)c(Cl)c2)c1OC(F)F. The van der Waals surface area contributed by atoms with E-state index in [0.717, 1.165) is 6.08 Å². The van der Waals surface area contributed by atoms with E-state index in [1.807, 2.05) is 6.07 Å². The summed E-state index contributed by atoms with van der Waals surface area (Å²) < 4.78 is 34.6. The Kier molecular flexibility index (Phi) is 6.53. The molecule has 2 rings (SSSR count). The summed E-state index contributed by atoms with van der Waals surface area (Å²) >= 11 is 5.90. The quantitative estimate of drug-likeness (QED) is 0.752. The summed E-state index contributed by atoms with van der Waals surface area (Å²) in [6.07, 6.45) is 2.47. The molecule has 0 saturated heterocycles. The van der Waals surface area contributed by atoms with Gasteiger partial charge in [0, 0.05) is 17.3 Å². The molecule has 0 spiro atoms. The molecule has 26 heavy (non-hydrogen) atoms. The number of ether oxygens (including phenoxy) is 2. The van der Waals surface area contributed by atoms with Crippen molar-refractivity contribution in [2.75, 3.05) is 12.4 Å². The summed E-state index contributed by atoms with van der Waals surface area (Å²) in [5.74, 6) is -0.571. The van der Waals surface area contributed by atoms with Gasteiger partial charge in [0.15, 0.2) is 11.5 Å². The minimum atomic E-state index is -3.03. The number of hydrogen-bond acceptors (Lipinski definition) is 4. The number of nitriles is 1. The Bertz CT molecular complexity index is 879. The van der Waals surface area contributed by atoms with Crippen LogP contribution < -0.4 is 14.8 Å². The van der Waals surface area contributed by atoms with E-state index < -0.39 is 12.5 Å². The third-order valence-corrected chi connectivity index (χ3v) is 3.52. The largest absolute Gasteiger partial charge is 0.493 e. The number of methoxy groups -OCH3 is 1. The molecule has 5 nitrogen and oxygen atoms in total. The fourth-order valence-corrected chi connectivity index (χ4v) is 2.30. The summed E-state index contributed by atoms with van der Waals surface area (Å²) in [6, 6.07) is 10.9. The molecule has 0 aliphatic carbocycles. The zero-order chi connectivity index (χ0) is 19.1. The van der Waals surface area contributed by atoms with Crippen LogP contribution in [-0.4, -0.2) is 19.6 Å². The number of alkyl halides is 2. The lowest BCUT2D eigenvalue weighted by Crippen LogP contribution is -2.08. The van der Waals surface area contributed by atoms with Gasteiger partial charge in [-0.2, -0.15) is 14.0 Å². The maximum atomic E-state index is 12.6. The first-order valence-corrected chi connectivity index (χ1v) is 7.63. The summed E-state index contributed by atoms with van der Waals surface area (Å²) in [4.78, 5) is 12.0. The lowest BCUT2D eigenvalue weighted by molar-refractivity contribution is -0.111. The number of rotatable bonds is 6. The van der Waals surface area contributed by atoms with E-state index in [9.17, 15) is 13.6 Å². The van der Waals surface area contributed by atoms with Crippen LogP contribution in [0, 0.1) is 11.3 Å². The molecule has 8 heteroatoms. The number of carbonyl (C=O) groups excluding carboxylic acids is 1. The predicted octanol–water partition coefficient (Wildman–Crippen LogP) is 4.47. The van der Waals surface area contributed by atoms with Crippen LogP contribution in [0.4, 0.5) is 14.5 Å². The molecule has 2 aromatic rings. The molecule has 134 valence electrons. The van der Waals surface area contributed by atoms with Gasteiger partial charge in [-0.05, 0) is 30.3 Å². The Hall–Kier alpha value is -3.11. The number of halogens is 3. The molecule has 0 aliphatic heterocycles. The number of amides is 1. The van der Waals surface area contributed by atoms with E-state index in [1.165, 1.54) is 43.5 Å². The van der Waals surface area contributed by atoms with Gasteiger partial charge in [0.05, 0.1) is 17.7 Å². The highest BCUT2D eigenvalue weighted by Gasteiger charge is 2.14. The second-order valence-electron chi connectivity index (χ2n) is 4.89. The van der Waals surface area contributed by atoms with Crippen molar-refractivity contribution in [3.05, 3.63) is 58.6 Å². The minimum Gasteiger partial charge on any atom is -0.493 e. The topological polar surface area (TPSA) is 71.3 Å². The third-order valence-electron chi connectivity index (χ3n) is 3.21. The van der Waals surface area contributed by atoms with Gasteiger partial charge in [-0.15, -0.1) is 0 Å².